The molecule has 1 amide bonds. The molecule has 2 aromatic rings. The minimum absolute atomic E-state index is 0.0233. The van der Waals surface area contributed by atoms with Gasteiger partial charge in [-0.2, -0.15) is 5.26 Å². The number of nitriles is 1. The van der Waals surface area contributed by atoms with E-state index in [9.17, 15) is 10.1 Å². The number of aryl methyl sites for hydroxylation is 3. The van der Waals surface area contributed by atoms with E-state index in [1.165, 1.54) is 22.5 Å². The first-order valence-electron chi connectivity index (χ1n) is 7.36. The third-order valence-corrected chi connectivity index (χ3v) is 4.86. The van der Waals surface area contributed by atoms with Gasteiger partial charge >= 0.3 is 0 Å². The fourth-order valence-corrected chi connectivity index (χ4v) is 3.27. The number of hydrogen-bond donors (Lipinski definition) is 1. The minimum Gasteiger partial charge on any atom is -0.317 e. The van der Waals surface area contributed by atoms with Gasteiger partial charge in [0.1, 0.15) is 11.1 Å². The lowest BCUT2D eigenvalue weighted by atomic mass is 10.1. The molecule has 0 aliphatic rings. The molecule has 0 saturated carbocycles. The summed E-state index contributed by atoms with van der Waals surface area (Å²) in [5.74, 6) is -0.0233. The molecular weight excluding hydrogens is 292 g/mol. The summed E-state index contributed by atoms with van der Waals surface area (Å²) < 4.78 is 0. The maximum Gasteiger partial charge on any atom is 0.225 e. The lowest BCUT2D eigenvalue weighted by Gasteiger charge is -2.04. The molecule has 1 heterocycles. The summed E-state index contributed by atoms with van der Waals surface area (Å²) in [5, 5.41) is 12.7. The van der Waals surface area contributed by atoms with E-state index in [2.05, 4.69) is 42.6 Å². The SMILES string of the molecule is Cc1ccc(CCCC(=O)Nc2sc(C)c(C)c2C#N)cc1. The Hall–Kier alpha value is -2.12. The van der Waals surface area contributed by atoms with Gasteiger partial charge in [-0.15, -0.1) is 11.3 Å². The predicted molar refractivity (Wildman–Crippen MR) is 91.3 cm³/mol. The lowest BCUT2D eigenvalue weighted by Crippen LogP contribution is -2.11. The van der Waals surface area contributed by atoms with E-state index in [4.69, 9.17) is 0 Å². The standard InChI is InChI=1S/C18H20N2OS/c1-12-7-9-15(10-8-12)5-4-6-17(21)20-18-16(11-19)13(2)14(3)22-18/h7-10H,4-6H2,1-3H3,(H,20,21). The van der Waals surface area contributed by atoms with Gasteiger partial charge in [0.15, 0.2) is 0 Å². The molecular formula is C18H20N2OS. The van der Waals surface area contributed by atoms with Crippen molar-refractivity contribution in [2.45, 2.75) is 40.0 Å². The molecule has 2 rings (SSSR count). The van der Waals surface area contributed by atoms with Crippen LogP contribution in [0, 0.1) is 32.1 Å². The highest BCUT2D eigenvalue weighted by Gasteiger charge is 2.14. The van der Waals surface area contributed by atoms with E-state index >= 15 is 0 Å². The van der Waals surface area contributed by atoms with Crippen LogP contribution >= 0.6 is 11.3 Å². The van der Waals surface area contributed by atoms with Crippen LogP contribution in [-0.2, 0) is 11.2 Å². The van der Waals surface area contributed by atoms with Gasteiger partial charge in [-0.05, 0) is 44.7 Å². The van der Waals surface area contributed by atoms with E-state index in [-0.39, 0.29) is 5.91 Å². The second kappa shape index (κ2) is 7.24. The number of nitrogens with zero attached hydrogens (tertiary/aromatic N) is 1. The molecule has 1 aromatic carbocycles. The third kappa shape index (κ3) is 3.96. The quantitative estimate of drug-likeness (QED) is 0.883. The smallest absolute Gasteiger partial charge is 0.225 e. The molecule has 0 spiro atoms. The minimum atomic E-state index is -0.0233. The van der Waals surface area contributed by atoms with Gasteiger partial charge in [-0.25, -0.2) is 0 Å². The average molecular weight is 312 g/mol. The van der Waals surface area contributed by atoms with Crippen LogP contribution in [0.3, 0.4) is 0 Å². The van der Waals surface area contributed by atoms with Crippen molar-refractivity contribution in [3.8, 4) is 6.07 Å². The first-order valence-corrected chi connectivity index (χ1v) is 8.18. The molecule has 114 valence electrons. The summed E-state index contributed by atoms with van der Waals surface area (Å²) >= 11 is 1.47. The summed E-state index contributed by atoms with van der Waals surface area (Å²) in [4.78, 5) is 13.1. The fourth-order valence-electron chi connectivity index (χ4n) is 2.25. The van der Waals surface area contributed by atoms with Gasteiger partial charge in [0.2, 0.25) is 5.91 Å². The highest BCUT2D eigenvalue weighted by molar-refractivity contribution is 7.16. The van der Waals surface area contributed by atoms with Gasteiger partial charge in [0.05, 0.1) is 5.56 Å². The number of benzene rings is 1. The fraction of sp³-hybridized carbons (Fsp3) is 0.333. The van der Waals surface area contributed by atoms with Crippen molar-refractivity contribution < 1.29 is 4.79 Å². The highest BCUT2D eigenvalue weighted by atomic mass is 32.1. The maximum absolute atomic E-state index is 12.0. The van der Waals surface area contributed by atoms with Crippen LogP contribution in [0.5, 0.6) is 0 Å². The van der Waals surface area contributed by atoms with Crippen LogP contribution in [0.25, 0.3) is 0 Å². The summed E-state index contributed by atoms with van der Waals surface area (Å²) in [6.45, 7) is 5.94. The molecule has 22 heavy (non-hydrogen) atoms. The van der Waals surface area contributed by atoms with Crippen LogP contribution in [-0.4, -0.2) is 5.91 Å². The lowest BCUT2D eigenvalue weighted by molar-refractivity contribution is -0.116. The zero-order valence-electron chi connectivity index (χ0n) is 13.2. The molecule has 0 aliphatic heterocycles. The molecule has 0 unspecified atom stereocenters. The first kappa shape index (κ1) is 16.3. The molecule has 4 heteroatoms. The number of anilines is 1. The number of amides is 1. The van der Waals surface area contributed by atoms with E-state index < -0.39 is 0 Å². The molecule has 0 aliphatic carbocycles. The Morgan fingerprint density at radius 2 is 1.91 bits per heavy atom. The van der Waals surface area contributed by atoms with Crippen molar-refractivity contribution in [3.05, 3.63) is 51.4 Å². The van der Waals surface area contributed by atoms with E-state index in [0.717, 1.165) is 23.3 Å². The van der Waals surface area contributed by atoms with Crippen LogP contribution in [0.4, 0.5) is 5.00 Å². The molecule has 3 nitrogen and oxygen atoms in total. The van der Waals surface area contributed by atoms with E-state index in [1.54, 1.807) is 0 Å². The molecule has 0 atom stereocenters. The van der Waals surface area contributed by atoms with Crippen molar-refractivity contribution in [1.82, 2.24) is 0 Å². The maximum atomic E-state index is 12.0. The number of rotatable bonds is 5. The number of carbonyl (C=O) groups excluding carboxylic acids is 1. The molecule has 0 bridgehead atoms. The normalized spacial score (nSPS) is 10.3. The van der Waals surface area contributed by atoms with Gasteiger partial charge < -0.3 is 5.32 Å². The molecule has 0 saturated heterocycles. The van der Waals surface area contributed by atoms with Gasteiger partial charge in [-0.3, -0.25) is 4.79 Å². The molecule has 0 radical (unpaired) electrons. The Morgan fingerprint density at radius 3 is 2.55 bits per heavy atom. The summed E-state index contributed by atoms with van der Waals surface area (Å²) in [6, 6.07) is 10.6. The zero-order valence-corrected chi connectivity index (χ0v) is 14.0. The summed E-state index contributed by atoms with van der Waals surface area (Å²) in [5.41, 5.74) is 4.05. The van der Waals surface area contributed by atoms with Crippen LogP contribution in [0.15, 0.2) is 24.3 Å². The van der Waals surface area contributed by atoms with Crippen molar-refractivity contribution in [1.29, 1.82) is 5.26 Å². The van der Waals surface area contributed by atoms with Crippen LogP contribution < -0.4 is 5.32 Å². The first-order chi connectivity index (χ1) is 10.5. The van der Waals surface area contributed by atoms with Crippen LogP contribution in [0.1, 0.15) is 40.0 Å². The van der Waals surface area contributed by atoms with Crippen molar-refractivity contribution in [2.75, 3.05) is 5.32 Å². The van der Waals surface area contributed by atoms with Gasteiger partial charge in [-0.1, -0.05) is 29.8 Å². The number of hydrogen-bond acceptors (Lipinski definition) is 3. The average Bonchev–Trinajstić information content (AvgIpc) is 2.75. The molecule has 1 N–H and O–H groups in total. The van der Waals surface area contributed by atoms with E-state index in [0.29, 0.717) is 17.0 Å². The molecule has 0 fully saturated rings. The predicted octanol–water partition coefficient (Wildman–Crippen LogP) is 4.51. The second-order valence-corrected chi connectivity index (χ2v) is 6.71. The number of nitrogens with one attached hydrogen (secondary N) is 1. The highest BCUT2D eigenvalue weighted by Crippen LogP contribution is 2.31. The van der Waals surface area contributed by atoms with Crippen molar-refractivity contribution in [2.24, 2.45) is 0 Å². The van der Waals surface area contributed by atoms with Crippen molar-refractivity contribution >= 4 is 22.2 Å². The Morgan fingerprint density at radius 1 is 1.23 bits per heavy atom. The van der Waals surface area contributed by atoms with E-state index in [1.807, 2.05) is 13.8 Å². The van der Waals surface area contributed by atoms with Crippen LogP contribution in [0.2, 0.25) is 0 Å². The second-order valence-electron chi connectivity index (χ2n) is 5.49. The Balaban J connectivity index is 1.87. The Kier molecular flexibility index (Phi) is 5.35. The van der Waals surface area contributed by atoms with Gasteiger partial charge in [0.25, 0.3) is 0 Å². The number of thiophene rings is 1. The Bertz CT molecular complexity index is 708. The summed E-state index contributed by atoms with van der Waals surface area (Å²) in [6.07, 6.45) is 2.16. The number of carbonyl (C=O) groups is 1. The Labute approximate surface area is 135 Å². The van der Waals surface area contributed by atoms with Crippen molar-refractivity contribution in [3.63, 3.8) is 0 Å². The van der Waals surface area contributed by atoms with Gasteiger partial charge in [0, 0.05) is 11.3 Å². The monoisotopic (exact) mass is 312 g/mol. The summed E-state index contributed by atoms with van der Waals surface area (Å²) in [7, 11) is 0. The third-order valence-electron chi connectivity index (χ3n) is 3.74. The zero-order chi connectivity index (χ0) is 16.1. The topological polar surface area (TPSA) is 52.9 Å². The largest absolute Gasteiger partial charge is 0.317 e. The molecule has 1 aromatic heterocycles.